The molecule has 3 heteroatoms. The van der Waals surface area contributed by atoms with Crippen molar-refractivity contribution in [1.29, 1.82) is 0 Å². The molecule has 3 nitrogen and oxygen atoms in total. The summed E-state index contributed by atoms with van der Waals surface area (Å²) in [7, 11) is 4.35. The monoisotopic (exact) mass is 261 g/mol. The van der Waals surface area contributed by atoms with E-state index in [2.05, 4.69) is 41.4 Å². The van der Waals surface area contributed by atoms with Crippen LogP contribution in [0.15, 0.2) is 24.5 Å². The van der Waals surface area contributed by atoms with E-state index in [0.717, 1.165) is 12.5 Å². The molecular weight excluding hydrogens is 234 g/mol. The molecule has 106 valence electrons. The lowest BCUT2D eigenvalue weighted by Gasteiger charge is -2.29. The van der Waals surface area contributed by atoms with E-state index in [1.54, 1.807) is 0 Å². The molecule has 1 aliphatic rings. The van der Waals surface area contributed by atoms with Gasteiger partial charge < -0.3 is 10.2 Å². The molecule has 1 aliphatic carbocycles. The van der Waals surface area contributed by atoms with Crippen molar-refractivity contribution in [3.8, 4) is 0 Å². The summed E-state index contributed by atoms with van der Waals surface area (Å²) < 4.78 is 0. The van der Waals surface area contributed by atoms with Crippen molar-refractivity contribution in [2.75, 3.05) is 20.6 Å². The maximum Gasteiger partial charge on any atom is 0.0271 e. The molecule has 1 heterocycles. The molecule has 1 N–H and O–H groups in total. The van der Waals surface area contributed by atoms with Gasteiger partial charge in [0.1, 0.15) is 0 Å². The van der Waals surface area contributed by atoms with E-state index in [1.165, 1.54) is 44.2 Å². The average molecular weight is 261 g/mol. The molecule has 1 fully saturated rings. The third-order valence-corrected chi connectivity index (χ3v) is 4.28. The first-order chi connectivity index (χ1) is 9.29. The van der Waals surface area contributed by atoms with Crippen LogP contribution >= 0.6 is 0 Å². The minimum Gasteiger partial charge on any atom is -0.317 e. The van der Waals surface area contributed by atoms with Gasteiger partial charge in [-0.1, -0.05) is 19.3 Å². The molecule has 0 amide bonds. The second-order valence-corrected chi connectivity index (χ2v) is 5.85. The molecule has 0 bridgehead atoms. The van der Waals surface area contributed by atoms with Crippen molar-refractivity contribution in [2.24, 2.45) is 5.92 Å². The van der Waals surface area contributed by atoms with Gasteiger partial charge in [0.25, 0.3) is 0 Å². The quantitative estimate of drug-likeness (QED) is 0.826. The van der Waals surface area contributed by atoms with E-state index >= 15 is 0 Å². The summed E-state index contributed by atoms with van der Waals surface area (Å²) in [5, 5.41) is 3.53. The first-order valence-electron chi connectivity index (χ1n) is 7.54. The van der Waals surface area contributed by atoms with Gasteiger partial charge >= 0.3 is 0 Å². The van der Waals surface area contributed by atoms with Crippen LogP contribution in [0.3, 0.4) is 0 Å². The summed E-state index contributed by atoms with van der Waals surface area (Å²) >= 11 is 0. The highest BCUT2D eigenvalue weighted by atomic mass is 15.1. The van der Waals surface area contributed by atoms with Gasteiger partial charge in [0, 0.05) is 31.5 Å². The average Bonchev–Trinajstić information content (AvgIpc) is 2.64. The highest BCUT2D eigenvalue weighted by Crippen LogP contribution is 2.24. The Hall–Kier alpha value is -0.930. The minimum atomic E-state index is 0.697. The number of hydrogen-bond donors (Lipinski definition) is 1. The summed E-state index contributed by atoms with van der Waals surface area (Å²) in [4.78, 5) is 6.53. The topological polar surface area (TPSA) is 28.2 Å². The van der Waals surface area contributed by atoms with Gasteiger partial charge in [-0.05, 0) is 50.6 Å². The second kappa shape index (κ2) is 7.61. The summed E-state index contributed by atoms with van der Waals surface area (Å²) in [6.45, 7) is 2.21. The normalized spacial score (nSPS) is 24.4. The van der Waals surface area contributed by atoms with Gasteiger partial charge in [-0.25, -0.2) is 0 Å². The smallest absolute Gasteiger partial charge is 0.0271 e. The van der Waals surface area contributed by atoms with Gasteiger partial charge in [-0.2, -0.15) is 0 Å². The van der Waals surface area contributed by atoms with Crippen molar-refractivity contribution in [1.82, 2.24) is 15.2 Å². The number of nitrogens with zero attached hydrogens (tertiary/aromatic N) is 2. The lowest BCUT2D eigenvalue weighted by molar-refractivity contribution is 0.223. The first-order valence-corrected chi connectivity index (χ1v) is 7.54. The van der Waals surface area contributed by atoms with Gasteiger partial charge in [0.05, 0.1) is 0 Å². The molecule has 0 radical (unpaired) electrons. The zero-order chi connectivity index (χ0) is 13.5. The highest BCUT2D eigenvalue weighted by Gasteiger charge is 2.23. The van der Waals surface area contributed by atoms with E-state index in [1.807, 2.05) is 12.4 Å². The molecule has 0 aliphatic heterocycles. The zero-order valence-electron chi connectivity index (χ0n) is 12.3. The Morgan fingerprint density at radius 1 is 1.21 bits per heavy atom. The van der Waals surface area contributed by atoms with Gasteiger partial charge in [0.2, 0.25) is 0 Å². The fourth-order valence-corrected chi connectivity index (χ4v) is 3.25. The van der Waals surface area contributed by atoms with E-state index < -0.39 is 0 Å². The maximum absolute atomic E-state index is 4.08. The Morgan fingerprint density at radius 3 is 2.68 bits per heavy atom. The standard InChI is InChI=1S/C16H27N3/c1-17-16-7-5-3-4-6-15(16)13-19(2)12-14-8-10-18-11-9-14/h8-11,15-17H,3-7,12-13H2,1-2H3. The number of nitrogens with one attached hydrogen (secondary N) is 1. The molecule has 1 aromatic rings. The van der Waals surface area contributed by atoms with E-state index in [-0.39, 0.29) is 0 Å². The fourth-order valence-electron chi connectivity index (χ4n) is 3.25. The van der Waals surface area contributed by atoms with Crippen LogP contribution in [0.25, 0.3) is 0 Å². The lowest BCUT2D eigenvalue weighted by atomic mass is 9.94. The Morgan fingerprint density at radius 2 is 1.95 bits per heavy atom. The van der Waals surface area contributed by atoms with E-state index in [0.29, 0.717) is 6.04 Å². The first kappa shape index (κ1) is 14.5. The van der Waals surface area contributed by atoms with Gasteiger partial charge in [0.15, 0.2) is 0 Å². The molecule has 0 spiro atoms. The Kier molecular flexibility index (Phi) is 5.80. The summed E-state index contributed by atoms with van der Waals surface area (Å²) in [6.07, 6.45) is 10.7. The Bertz CT molecular complexity index is 352. The summed E-state index contributed by atoms with van der Waals surface area (Å²) in [5.74, 6) is 0.791. The summed E-state index contributed by atoms with van der Waals surface area (Å²) in [5.41, 5.74) is 1.35. The molecule has 2 rings (SSSR count). The van der Waals surface area contributed by atoms with Crippen LogP contribution in [0.1, 0.15) is 37.7 Å². The van der Waals surface area contributed by atoms with Crippen molar-refractivity contribution in [2.45, 2.75) is 44.7 Å². The molecule has 0 saturated heterocycles. The predicted octanol–water partition coefficient (Wildman–Crippen LogP) is 2.68. The molecule has 1 saturated carbocycles. The van der Waals surface area contributed by atoms with Crippen molar-refractivity contribution in [3.05, 3.63) is 30.1 Å². The third kappa shape index (κ3) is 4.59. The molecule has 2 unspecified atom stereocenters. The minimum absolute atomic E-state index is 0.697. The maximum atomic E-state index is 4.08. The van der Waals surface area contributed by atoms with Crippen LogP contribution in [0, 0.1) is 5.92 Å². The van der Waals surface area contributed by atoms with Crippen LogP contribution in [0.4, 0.5) is 0 Å². The third-order valence-electron chi connectivity index (χ3n) is 4.28. The number of pyridine rings is 1. The predicted molar refractivity (Wildman–Crippen MR) is 80.0 cm³/mol. The Labute approximate surface area is 117 Å². The van der Waals surface area contributed by atoms with Gasteiger partial charge in [-0.15, -0.1) is 0 Å². The number of hydrogen-bond acceptors (Lipinski definition) is 3. The molecule has 0 aromatic carbocycles. The molecule has 2 atom stereocenters. The van der Waals surface area contributed by atoms with Crippen LogP contribution in [-0.2, 0) is 6.54 Å². The van der Waals surface area contributed by atoms with Crippen LogP contribution in [0.2, 0.25) is 0 Å². The van der Waals surface area contributed by atoms with Crippen LogP contribution < -0.4 is 5.32 Å². The fraction of sp³-hybridized carbons (Fsp3) is 0.688. The van der Waals surface area contributed by atoms with Crippen LogP contribution in [-0.4, -0.2) is 36.6 Å². The number of aromatic nitrogens is 1. The molecule has 1 aromatic heterocycles. The highest BCUT2D eigenvalue weighted by molar-refractivity contribution is 5.09. The lowest BCUT2D eigenvalue weighted by Crippen LogP contribution is -2.39. The molecular formula is C16H27N3. The molecule has 19 heavy (non-hydrogen) atoms. The van der Waals surface area contributed by atoms with Crippen LogP contribution in [0.5, 0.6) is 0 Å². The van der Waals surface area contributed by atoms with Crippen molar-refractivity contribution in [3.63, 3.8) is 0 Å². The van der Waals surface area contributed by atoms with Crippen molar-refractivity contribution < 1.29 is 0 Å². The van der Waals surface area contributed by atoms with Gasteiger partial charge in [-0.3, -0.25) is 4.98 Å². The Balaban J connectivity index is 1.87. The SMILES string of the molecule is CNC1CCCCCC1CN(C)Cc1ccncc1. The second-order valence-electron chi connectivity index (χ2n) is 5.85. The zero-order valence-corrected chi connectivity index (χ0v) is 12.3. The van der Waals surface area contributed by atoms with Crippen molar-refractivity contribution >= 4 is 0 Å². The number of rotatable bonds is 5. The summed E-state index contributed by atoms with van der Waals surface area (Å²) in [6, 6.07) is 4.92. The van der Waals surface area contributed by atoms with E-state index in [4.69, 9.17) is 0 Å². The largest absolute Gasteiger partial charge is 0.317 e. The van der Waals surface area contributed by atoms with E-state index in [9.17, 15) is 0 Å².